The Hall–Kier alpha value is -1.56. The van der Waals surface area contributed by atoms with Gasteiger partial charge in [-0.2, -0.15) is 0 Å². The molecule has 4 amide bonds. The molecule has 7 heteroatoms. The highest BCUT2D eigenvalue weighted by Gasteiger charge is 2.35. The number of primary amides is 1. The quantitative estimate of drug-likeness (QED) is 0.571. The molecular weight excluding hydrogens is 258 g/mol. The Bertz CT molecular complexity index is 447. The fourth-order valence-corrected chi connectivity index (χ4v) is 2.67. The summed E-state index contributed by atoms with van der Waals surface area (Å²) in [7, 11) is 0. The van der Waals surface area contributed by atoms with Gasteiger partial charge in [-0.05, 0) is 19.3 Å². The molecule has 1 aliphatic heterocycles. The van der Waals surface area contributed by atoms with E-state index in [4.69, 9.17) is 17.3 Å². The highest BCUT2D eigenvalue weighted by molar-refractivity contribution is 6.20. The molecule has 0 spiro atoms. The van der Waals surface area contributed by atoms with Gasteiger partial charge in [0.15, 0.2) is 0 Å². The number of hydrogen-bond acceptors (Lipinski definition) is 3. The van der Waals surface area contributed by atoms with Crippen molar-refractivity contribution in [2.45, 2.75) is 25.7 Å². The lowest BCUT2D eigenvalue weighted by molar-refractivity contribution is -0.128. The molecule has 0 aromatic carbocycles. The van der Waals surface area contributed by atoms with Crippen molar-refractivity contribution in [2.24, 2.45) is 11.7 Å². The number of allylic oxidation sites excluding steroid dienone is 1. The summed E-state index contributed by atoms with van der Waals surface area (Å²) in [6, 6.07) is -0.788. The van der Waals surface area contributed by atoms with Gasteiger partial charge in [0.25, 0.3) is 0 Å². The minimum atomic E-state index is -0.590. The zero-order valence-corrected chi connectivity index (χ0v) is 10.5. The fraction of sp³-hybridized carbons (Fsp3) is 0.545. The second-order valence-electron chi connectivity index (χ2n) is 4.42. The number of nitrogens with zero attached hydrogens (tertiary/aromatic N) is 1. The van der Waals surface area contributed by atoms with Gasteiger partial charge in [0.1, 0.15) is 6.00 Å². The maximum atomic E-state index is 11.8. The maximum Gasteiger partial charge on any atom is 0.329 e. The normalized spacial score (nSPS) is 24.5. The number of nitrogens with one attached hydrogen (secondary N) is 1. The SMILES string of the molecule is NC(=O)C1=C2NC(=O)N(CCl)C(=O)CC2CCC1. The number of carbonyl (C=O) groups excluding carboxylic acids is 3. The van der Waals surface area contributed by atoms with Crippen LogP contribution in [0.3, 0.4) is 0 Å². The van der Waals surface area contributed by atoms with E-state index in [1.165, 1.54) is 0 Å². The Labute approximate surface area is 109 Å². The van der Waals surface area contributed by atoms with E-state index in [2.05, 4.69) is 5.32 Å². The topological polar surface area (TPSA) is 92.5 Å². The molecule has 1 unspecified atom stereocenters. The average molecular weight is 272 g/mol. The molecule has 1 fully saturated rings. The molecule has 18 heavy (non-hydrogen) atoms. The molecule has 6 nitrogen and oxygen atoms in total. The van der Waals surface area contributed by atoms with Crippen LogP contribution < -0.4 is 11.1 Å². The molecule has 1 aliphatic carbocycles. The van der Waals surface area contributed by atoms with Crippen molar-refractivity contribution in [1.29, 1.82) is 0 Å². The first kappa shape index (κ1) is 12.9. The van der Waals surface area contributed by atoms with E-state index in [0.717, 1.165) is 17.7 Å². The summed E-state index contributed by atoms with van der Waals surface area (Å²) in [5, 5.41) is 2.60. The van der Waals surface area contributed by atoms with Gasteiger partial charge in [0.2, 0.25) is 11.8 Å². The molecule has 2 rings (SSSR count). The molecule has 1 saturated heterocycles. The van der Waals surface area contributed by atoms with Crippen LogP contribution in [-0.4, -0.2) is 28.7 Å². The van der Waals surface area contributed by atoms with E-state index in [9.17, 15) is 14.4 Å². The number of rotatable bonds is 2. The molecule has 0 saturated carbocycles. The van der Waals surface area contributed by atoms with E-state index < -0.39 is 11.9 Å². The van der Waals surface area contributed by atoms with Gasteiger partial charge >= 0.3 is 6.03 Å². The van der Waals surface area contributed by atoms with Crippen LogP contribution in [-0.2, 0) is 9.59 Å². The fourth-order valence-electron chi connectivity index (χ4n) is 2.43. The second kappa shape index (κ2) is 4.97. The Morgan fingerprint density at radius 1 is 1.50 bits per heavy atom. The van der Waals surface area contributed by atoms with Crippen molar-refractivity contribution >= 4 is 29.4 Å². The van der Waals surface area contributed by atoms with E-state index in [1.807, 2.05) is 0 Å². The average Bonchev–Trinajstić information content (AvgIpc) is 2.43. The number of alkyl halides is 1. The minimum Gasteiger partial charge on any atom is -0.366 e. The highest BCUT2D eigenvalue weighted by atomic mass is 35.5. The van der Waals surface area contributed by atoms with Crippen LogP contribution >= 0.6 is 11.6 Å². The molecule has 2 aliphatic rings. The summed E-state index contributed by atoms with van der Waals surface area (Å²) in [6.07, 6.45) is 2.26. The molecule has 1 atom stereocenters. The number of urea groups is 1. The minimum absolute atomic E-state index is 0.147. The second-order valence-corrected chi connectivity index (χ2v) is 4.66. The van der Waals surface area contributed by atoms with Crippen LogP contribution in [0.2, 0.25) is 0 Å². The summed E-state index contributed by atoms with van der Waals surface area (Å²) >= 11 is 5.58. The van der Waals surface area contributed by atoms with Crippen LogP contribution in [0.25, 0.3) is 0 Å². The predicted octanol–water partition coefficient (Wildman–Crippen LogP) is 0.664. The largest absolute Gasteiger partial charge is 0.366 e. The summed E-state index contributed by atoms with van der Waals surface area (Å²) in [6.45, 7) is 0. The van der Waals surface area contributed by atoms with Crippen molar-refractivity contribution in [1.82, 2.24) is 10.2 Å². The number of hydrogen-bond donors (Lipinski definition) is 2. The Morgan fingerprint density at radius 2 is 2.22 bits per heavy atom. The number of imide groups is 1. The molecule has 0 bridgehead atoms. The van der Waals surface area contributed by atoms with Crippen molar-refractivity contribution in [3.05, 3.63) is 11.3 Å². The van der Waals surface area contributed by atoms with Gasteiger partial charge in [-0.15, -0.1) is 11.6 Å². The summed E-state index contributed by atoms with van der Waals surface area (Å²) in [5.74, 6) is -1.01. The van der Waals surface area contributed by atoms with Crippen molar-refractivity contribution in [3.8, 4) is 0 Å². The lowest BCUT2D eigenvalue weighted by Crippen LogP contribution is -2.40. The zero-order valence-electron chi connectivity index (χ0n) is 9.74. The van der Waals surface area contributed by atoms with E-state index in [1.54, 1.807) is 0 Å². The number of carbonyl (C=O) groups is 3. The molecule has 98 valence electrons. The number of nitrogens with two attached hydrogens (primary N) is 1. The third-order valence-corrected chi connectivity index (χ3v) is 3.58. The van der Waals surface area contributed by atoms with Crippen molar-refractivity contribution in [2.75, 3.05) is 6.00 Å². The van der Waals surface area contributed by atoms with Crippen molar-refractivity contribution < 1.29 is 14.4 Å². The smallest absolute Gasteiger partial charge is 0.329 e. The van der Waals surface area contributed by atoms with Crippen LogP contribution in [0.4, 0.5) is 4.79 Å². The van der Waals surface area contributed by atoms with Gasteiger partial charge in [-0.3, -0.25) is 9.59 Å². The zero-order chi connectivity index (χ0) is 13.3. The maximum absolute atomic E-state index is 11.8. The first-order chi connectivity index (χ1) is 8.54. The monoisotopic (exact) mass is 271 g/mol. The van der Waals surface area contributed by atoms with Crippen LogP contribution in [0.15, 0.2) is 11.3 Å². The van der Waals surface area contributed by atoms with Gasteiger partial charge in [-0.1, -0.05) is 0 Å². The summed E-state index contributed by atoms with van der Waals surface area (Å²) in [5.41, 5.74) is 6.22. The first-order valence-electron chi connectivity index (χ1n) is 5.74. The Morgan fingerprint density at radius 3 is 2.83 bits per heavy atom. The lowest BCUT2D eigenvalue weighted by Gasteiger charge is -2.24. The molecule has 3 N–H and O–H groups in total. The van der Waals surface area contributed by atoms with E-state index in [-0.39, 0.29) is 24.2 Å². The molecule has 0 aromatic heterocycles. The van der Waals surface area contributed by atoms with Gasteiger partial charge in [0, 0.05) is 23.6 Å². The summed E-state index contributed by atoms with van der Waals surface area (Å²) < 4.78 is 0. The third kappa shape index (κ3) is 2.20. The van der Waals surface area contributed by atoms with Crippen molar-refractivity contribution in [3.63, 3.8) is 0 Å². The van der Waals surface area contributed by atoms with Gasteiger partial charge in [0.05, 0.1) is 0 Å². The third-order valence-electron chi connectivity index (χ3n) is 3.34. The Kier molecular flexibility index (Phi) is 3.56. The van der Waals surface area contributed by atoms with Crippen LogP contribution in [0, 0.1) is 5.92 Å². The van der Waals surface area contributed by atoms with Crippen LogP contribution in [0.5, 0.6) is 0 Å². The van der Waals surface area contributed by atoms with E-state index in [0.29, 0.717) is 17.7 Å². The standard InChI is InChI=1S/C11H14ClN3O3/c12-5-15-8(16)4-6-2-1-3-7(10(13)17)9(6)14-11(15)18/h6H,1-5H2,(H2,13,17)(H,14,18). The van der Waals surface area contributed by atoms with Gasteiger partial charge < -0.3 is 11.1 Å². The van der Waals surface area contributed by atoms with E-state index >= 15 is 0 Å². The molecular formula is C11H14ClN3O3. The first-order valence-corrected chi connectivity index (χ1v) is 6.28. The molecule has 0 aromatic rings. The summed E-state index contributed by atoms with van der Waals surface area (Å²) in [4.78, 5) is 35.9. The molecule has 1 heterocycles. The number of halogens is 1. The Balaban J connectivity index is 2.40. The predicted molar refractivity (Wildman–Crippen MR) is 64.3 cm³/mol. The van der Waals surface area contributed by atoms with Gasteiger partial charge in [-0.25, -0.2) is 9.69 Å². The molecule has 0 radical (unpaired) electrons. The highest BCUT2D eigenvalue weighted by Crippen LogP contribution is 2.33. The number of fused-ring (bicyclic) bond motifs is 1. The van der Waals surface area contributed by atoms with Crippen LogP contribution in [0.1, 0.15) is 25.7 Å². The number of amides is 4. The lowest BCUT2D eigenvalue weighted by atomic mass is 9.84.